The van der Waals surface area contributed by atoms with Crippen LogP contribution in [-0.4, -0.2) is 18.2 Å². The molecule has 0 aromatic carbocycles. The Morgan fingerprint density at radius 2 is 1.73 bits per heavy atom. The van der Waals surface area contributed by atoms with Crippen molar-refractivity contribution in [3.05, 3.63) is 0 Å². The highest BCUT2D eigenvalue weighted by atomic mass is 16.2. The summed E-state index contributed by atoms with van der Waals surface area (Å²) in [5, 5.41) is 3.09. The van der Waals surface area contributed by atoms with Crippen molar-refractivity contribution in [1.82, 2.24) is 5.32 Å². The van der Waals surface area contributed by atoms with Gasteiger partial charge in [-0.2, -0.15) is 0 Å². The van der Waals surface area contributed by atoms with E-state index in [9.17, 15) is 9.59 Å². The molecule has 84 valence electrons. The van der Waals surface area contributed by atoms with Gasteiger partial charge in [0.25, 0.3) is 0 Å². The largest absolute Gasteiger partial charge is 0.353 e. The van der Waals surface area contributed by atoms with Gasteiger partial charge in [-0.3, -0.25) is 4.79 Å². The van der Waals surface area contributed by atoms with E-state index in [0.29, 0.717) is 6.04 Å². The Labute approximate surface area is 90.6 Å². The average Bonchev–Trinajstić information content (AvgIpc) is 2.23. The molecule has 0 spiro atoms. The molecule has 2 fully saturated rings. The first kappa shape index (κ1) is 10.7. The molecule has 0 aromatic heterocycles. The van der Waals surface area contributed by atoms with Crippen molar-refractivity contribution < 1.29 is 9.59 Å². The summed E-state index contributed by atoms with van der Waals surface area (Å²) in [5.74, 6) is 0.601. The Morgan fingerprint density at radius 1 is 1.07 bits per heavy atom. The normalized spacial score (nSPS) is 31.7. The zero-order valence-electron chi connectivity index (χ0n) is 9.08. The molecule has 0 aliphatic heterocycles. The zero-order valence-corrected chi connectivity index (χ0v) is 9.08. The van der Waals surface area contributed by atoms with Crippen molar-refractivity contribution >= 4 is 12.2 Å². The molecule has 3 nitrogen and oxygen atoms in total. The number of carbonyl (C=O) groups excluding carboxylic acids is 2. The highest BCUT2D eigenvalue weighted by molar-refractivity contribution is 5.79. The van der Waals surface area contributed by atoms with Crippen LogP contribution in [-0.2, 0) is 9.59 Å². The van der Waals surface area contributed by atoms with E-state index in [1.54, 1.807) is 0 Å². The van der Waals surface area contributed by atoms with Crippen LogP contribution < -0.4 is 5.32 Å². The predicted molar refractivity (Wildman–Crippen MR) is 57.3 cm³/mol. The van der Waals surface area contributed by atoms with Gasteiger partial charge in [-0.1, -0.05) is 0 Å². The van der Waals surface area contributed by atoms with Gasteiger partial charge >= 0.3 is 0 Å². The predicted octanol–water partition coefficient (Wildman–Crippen LogP) is 1.66. The van der Waals surface area contributed by atoms with Gasteiger partial charge in [-0.05, 0) is 44.9 Å². The molecule has 2 aliphatic carbocycles. The average molecular weight is 209 g/mol. The number of hydrogen-bond acceptors (Lipinski definition) is 2. The van der Waals surface area contributed by atoms with Gasteiger partial charge in [0, 0.05) is 17.9 Å². The first-order valence-corrected chi connectivity index (χ1v) is 6.05. The Morgan fingerprint density at radius 3 is 2.20 bits per heavy atom. The maximum atomic E-state index is 11.8. The number of nitrogens with one attached hydrogen (secondary N) is 1. The molecule has 2 saturated carbocycles. The molecule has 2 aliphatic rings. The van der Waals surface area contributed by atoms with Crippen LogP contribution in [0.2, 0.25) is 0 Å². The van der Waals surface area contributed by atoms with Crippen LogP contribution in [0.5, 0.6) is 0 Å². The lowest BCUT2D eigenvalue weighted by molar-refractivity contribution is -0.128. The zero-order chi connectivity index (χ0) is 10.7. The van der Waals surface area contributed by atoms with E-state index in [1.807, 2.05) is 0 Å². The third kappa shape index (κ3) is 2.58. The summed E-state index contributed by atoms with van der Waals surface area (Å²) in [4.78, 5) is 22.4. The summed E-state index contributed by atoms with van der Waals surface area (Å²) in [6.07, 6.45) is 8.16. The summed E-state index contributed by atoms with van der Waals surface area (Å²) < 4.78 is 0. The number of aldehydes is 1. The van der Waals surface area contributed by atoms with Gasteiger partial charge in [0.15, 0.2) is 0 Å². The fourth-order valence-corrected chi connectivity index (χ4v) is 2.39. The summed E-state index contributed by atoms with van der Waals surface area (Å²) in [5.41, 5.74) is 0. The first-order valence-electron chi connectivity index (χ1n) is 6.05. The van der Waals surface area contributed by atoms with Crippen LogP contribution in [0.1, 0.15) is 44.9 Å². The summed E-state index contributed by atoms with van der Waals surface area (Å²) in [6, 6.07) is 0.446. The van der Waals surface area contributed by atoms with E-state index < -0.39 is 0 Å². The molecule has 0 bridgehead atoms. The Hall–Kier alpha value is -0.860. The van der Waals surface area contributed by atoms with E-state index >= 15 is 0 Å². The van der Waals surface area contributed by atoms with E-state index in [0.717, 1.165) is 44.8 Å². The van der Waals surface area contributed by atoms with Gasteiger partial charge in [0.1, 0.15) is 6.29 Å². The monoisotopic (exact) mass is 209 g/mol. The highest BCUT2D eigenvalue weighted by Crippen LogP contribution is 2.28. The van der Waals surface area contributed by atoms with E-state index in [2.05, 4.69) is 5.32 Å². The minimum Gasteiger partial charge on any atom is -0.353 e. The summed E-state index contributed by atoms with van der Waals surface area (Å²) in [7, 11) is 0. The van der Waals surface area contributed by atoms with Gasteiger partial charge in [-0.15, -0.1) is 0 Å². The quantitative estimate of drug-likeness (QED) is 0.718. The highest BCUT2D eigenvalue weighted by Gasteiger charge is 2.28. The molecule has 0 radical (unpaired) electrons. The van der Waals surface area contributed by atoms with Crippen LogP contribution in [0.4, 0.5) is 0 Å². The van der Waals surface area contributed by atoms with Crippen molar-refractivity contribution in [2.24, 2.45) is 11.8 Å². The summed E-state index contributed by atoms with van der Waals surface area (Å²) in [6.45, 7) is 0. The third-order valence-electron chi connectivity index (χ3n) is 3.79. The van der Waals surface area contributed by atoms with Crippen LogP contribution >= 0.6 is 0 Å². The lowest BCUT2D eigenvalue weighted by Crippen LogP contribution is -2.43. The maximum absolute atomic E-state index is 11.8. The Kier molecular flexibility index (Phi) is 3.39. The molecule has 0 heterocycles. The lowest BCUT2D eigenvalue weighted by atomic mass is 9.82. The third-order valence-corrected chi connectivity index (χ3v) is 3.79. The van der Waals surface area contributed by atoms with Crippen molar-refractivity contribution in [1.29, 1.82) is 0 Å². The molecule has 1 amide bonds. The molecular weight excluding hydrogens is 190 g/mol. The standard InChI is InChI=1S/C12H19NO2/c14-8-9-4-6-10(7-5-9)12(15)13-11-2-1-3-11/h8-11H,1-7H2,(H,13,15). The SMILES string of the molecule is O=CC1CCC(C(=O)NC2CCC2)CC1. The second-order valence-electron chi connectivity index (χ2n) is 4.88. The molecule has 2 rings (SSSR count). The maximum Gasteiger partial charge on any atom is 0.223 e. The second kappa shape index (κ2) is 4.77. The minimum absolute atomic E-state index is 0.168. The molecule has 3 heteroatoms. The van der Waals surface area contributed by atoms with Crippen LogP contribution in [0.15, 0.2) is 0 Å². The van der Waals surface area contributed by atoms with Crippen LogP contribution in [0.3, 0.4) is 0 Å². The lowest BCUT2D eigenvalue weighted by Gasteiger charge is -2.30. The molecule has 1 N–H and O–H groups in total. The second-order valence-corrected chi connectivity index (χ2v) is 4.88. The van der Waals surface area contributed by atoms with E-state index in [-0.39, 0.29) is 17.7 Å². The summed E-state index contributed by atoms with van der Waals surface area (Å²) >= 11 is 0. The number of carbonyl (C=O) groups is 2. The van der Waals surface area contributed by atoms with Crippen molar-refractivity contribution in [2.75, 3.05) is 0 Å². The van der Waals surface area contributed by atoms with Gasteiger partial charge in [-0.25, -0.2) is 0 Å². The number of amides is 1. The molecule has 0 unspecified atom stereocenters. The van der Waals surface area contributed by atoms with Crippen molar-refractivity contribution in [3.63, 3.8) is 0 Å². The van der Waals surface area contributed by atoms with Crippen LogP contribution in [0.25, 0.3) is 0 Å². The van der Waals surface area contributed by atoms with Crippen LogP contribution in [0, 0.1) is 11.8 Å². The Bertz CT molecular complexity index is 240. The fourth-order valence-electron chi connectivity index (χ4n) is 2.39. The smallest absolute Gasteiger partial charge is 0.223 e. The van der Waals surface area contributed by atoms with Gasteiger partial charge in [0.05, 0.1) is 0 Å². The number of rotatable bonds is 3. The number of hydrogen-bond donors (Lipinski definition) is 1. The van der Waals surface area contributed by atoms with E-state index in [4.69, 9.17) is 0 Å². The van der Waals surface area contributed by atoms with E-state index in [1.165, 1.54) is 6.42 Å². The molecule has 0 atom stereocenters. The first-order chi connectivity index (χ1) is 7.29. The minimum atomic E-state index is 0.168. The van der Waals surface area contributed by atoms with Crippen molar-refractivity contribution in [3.8, 4) is 0 Å². The molecule has 15 heavy (non-hydrogen) atoms. The fraction of sp³-hybridized carbons (Fsp3) is 0.833. The molecule has 0 aromatic rings. The van der Waals surface area contributed by atoms with Crippen molar-refractivity contribution in [2.45, 2.75) is 51.0 Å². The van der Waals surface area contributed by atoms with Gasteiger partial charge < -0.3 is 10.1 Å². The Balaban J connectivity index is 1.74. The van der Waals surface area contributed by atoms with Gasteiger partial charge in [0.2, 0.25) is 5.91 Å². The molecule has 0 saturated heterocycles. The topological polar surface area (TPSA) is 46.2 Å². The molecular formula is C12H19NO2.